The van der Waals surface area contributed by atoms with E-state index in [0.29, 0.717) is 44.7 Å². The van der Waals surface area contributed by atoms with E-state index in [1.165, 1.54) is 12.1 Å². The van der Waals surface area contributed by atoms with Crippen molar-refractivity contribution in [3.63, 3.8) is 0 Å². The lowest BCUT2D eigenvalue weighted by Crippen LogP contribution is -2.46. The zero-order valence-corrected chi connectivity index (χ0v) is 23.4. The topological polar surface area (TPSA) is 116 Å². The number of unbranched alkanes of at least 4 members (excludes halogenated alkanes) is 3. The molecule has 2 fully saturated rings. The summed E-state index contributed by atoms with van der Waals surface area (Å²) in [4.78, 5) is 41.9. The lowest BCUT2D eigenvalue weighted by molar-refractivity contribution is -0.138. The number of nitrogens with zero attached hydrogens (tertiary/aromatic N) is 2. The van der Waals surface area contributed by atoms with Crippen LogP contribution in [0.5, 0.6) is 0 Å². The van der Waals surface area contributed by atoms with Crippen molar-refractivity contribution < 1.29 is 22.8 Å². The summed E-state index contributed by atoms with van der Waals surface area (Å²) in [5, 5.41) is 2.88. The van der Waals surface area contributed by atoms with Gasteiger partial charge in [0.25, 0.3) is 0 Å². The van der Waals surface area contributed by atoms with E-state index in [9.17, 15) is 22.8 Å². The van der Waals surface area contributed by atoms with Crippen LogP contribution in [-0.4, -0.2) is 67.7 Å². The van der Waals surface area contributed by atoms with Gasteiger partial charge in [0.05, 0.1) is 10.8 Å². The summed E-state index contributed by atoms with van der Waals surface area (Å²) in [6.07, 6.45) is 5.33. The molecule has 0 aromatic heterocycles. The number of sulfonamides is 1. The molecule has 0 radical (unpaired) electrons. The van der Waals surface area contributed by atoms with Crippen molar-refractivity contribution in [3.05, 3.63) is 24.3 Å². The molecule has 1 aromatic carbocycles. The number of anilines is 1. The molecule has 0 saturated carbocycles. The van der Waals surface area contributed by atoms with Crippen LogP contribution in [0.2, 0.25) is 0 Å². The van der Waals surface area contributed by atoms with Gasteiger partial charge >= 0.3 is 0 Å². The quantitative estimate of drug-likeness (QED) is 0.447. The molecule has 3 rings (SSSR count). The van der Waals surface area contributed by atoms with Gasteiger partial charge in [0, 0.05) is 49.7 Å². The number of benzene rings is 1. The van der Waals surface area contributed by atoms with E-state index in [-0.39, 0.29) is 46.4 Å². The van der Waals surface area contributed by atoms with Crippen molar-refractivity contribution in [1.29, 1.82) is 0 Å². The number of nitrogens with one attached hydrogen (secondary N) is 2. The Bertz CT molecular complexity index is 1060. The molecule has 206 valence electrons. The van der Waals surface area contributed by atoms with E-state index >= 15 is 0 Å². The minimum atomic E-state index is -3.57. The van der Waals surface area contributed by atoms with Crippen molar-refractivity contribution in [3.8, 4) is 0 Å². The fourth-order valence-corrected chi connectivity index (χ4v) is 6.02. The van der Waals surface area contributed by atoms with E-state index in [0.717, 1.165) is 25.7 Å². The van der Waals surface area contributed by atoms with Crippen molar-refractivity contribution in [1.82, 2.24) is 14.5 Å². The summed E-state index contributed by atoms with van der Waals surface area (Å²) in [6, 6.07) is 6.19. The number of piperidine rings is 1. The van der Waals surface area contributed by atoms with Gasteiger partial charge in [-0.05, 0) is 64.3 Å². The summed E-state index contributed by atoms with van der Waals surface area (Å²) in [5.41, 5.74) is 0.238. The van der Waals surface area contributed by atoms with Gasteiger partial charge in [0.15, 0.2) is 0 Å². The molecule has 2 N–H and O–H groups in total. The van der Waals surface area contributed by atoms with Crippen molar-refractivity contribution >= 4 is 33.4 Å². The van der Waals surface area contributed by atoms with Crippen LogP contribution in [0, 0.1) is 11.8 Å². The summed E-state index contributed by atoms with van der Waals surface area (Å²) in [6.45, 7) is 9.85. The maximum absolute atomic E-state index is 13.0. The first-order valence-corrected chi connectivity index (χ1v) is 14.9. The molecule has 0 aliphatic carbocycles. The predicted octanol–water partition coefficient (Wildman–Crippen LogP) is 3.37. The normalized spacial score (nSPS) is 19.4. The summed E-state index contributed by atoms with van der Waals surface area (Å²) in [7, 11) is -3.57. The molecule has 1 atom stereocenters. The van der Waals surface area contributed by atoms with Crippen molar-refractivity contribution in [2.75, 3.05) is 31.5 Å². The Labute approximate surface area is 221 Å². The van der Waals surface area contributed by atoms with E-state index < -0.39 is 10.0 Å². The van der Waals surface area contributed by atoms with Gasteiger partial charge in [-0.3, -0.25) is 14.4 Å². The van der Waals surface area contributed by atoms with Crippen molar-refractivity contribution in [2.24, 2.45) is 11.8 Å². The largest absolute Gasteiger partial charge is 0.342 e. The second-order valence-corrected chi connectivity index (χ2v) is 12.9. The average molecular weight is 535 g/mol. The molecule has 2 aliphatic heterocycles. The molecule has 0 spiro atoms. The van der Waals surface area contributed by atoms with Crippen LogP contribution < -0.4 is 10.0 Å². The zero-order chi connectivity index (χ0) is 27.2. The van der Waals surface area contributed by atoms with Gasteiger partial charge in [-0.2, -0.15) is 0 Å². The number of hydrogen-bond acceptors (Lipinski definition) is 5. The Kier molecular flexibility index (Phi) is 9.74. The SMILES string of the molecule is CCCCCCNS(=O)(=O)c1ccc(NC(=O)C2CCN(C(=O)C3CC(=O)N(C(C)(C)C)C3)CC2)cc1. The van der Waals surface area contributed by atoms with Crippen LogP contribution in [0.25, 0.3) is 0 Å². The Morgan fingerprint density at radius 1 is 1.00 bits per heavy atom. The Morgan fingerprint density at radius 2 is 1.65 bits per heavy atom. The Hall–Kier alpha value is -2.46. The number of amides is 3. The highest BCUT2D eigenvalue weighted by Crippen LogP contribution is 2.29. The summed E-state index contributed by atoms with van der Waals surface area (Å²) < 4.78 is 27.5. The summed E-state index contributed by atoms with van der Waals surface area (Å²) in [5.74, 6) is -0.672. The van der Waals surface area contributed by atoms with E-state index in [4.69, 9.17) is 0 Å². The Morgan fingerprint density at radius 3 is 2.22 bits per heavy atom. The first-order chi connectivity index (χ1) is 17.4. The average Bonchev–Trinajstić information content (AvgIpc) is 3.26. The van der Waals surface area contributed by atoms with Gasteiger partial charge in [-0.15, -0.1) is 0 Å². The molecule has 2 saturated heterocycles. The minimum Gasteiger partial charge on any atom is -0.342 e. The number of rotatable bonds is 10. The maximum atomic E-state index is 13.0. The zero-order valence-electron chi connectivity index (χ0n) is 22.6. The molecule has 2 aliphatic rings. The molecular weight excluding hydrogens is 492 g/mol. The molecule has 9 nitrogen and oxygen atoms in total. The number of likely N-dealkylation sites (tertiary alicyclic amines) is 2. The third-order valence-corrected chi connectivity index (χ3v) is 8.69. The molecule has 1 aromatic rings. The highest BCUT2D eigenvalue weighted by Gasteiger charge is 2.41. The maximum Gasteiger partial charge on any atom is 0.240 e. The first-order valence-electron chi connectivity index (χ1n) is 13.4. The number of carbonyl (C=O) groups is 3. The van der Waals surface area contributed by atoms with Crippen LogP contribution in [0.4, 0.5) is 5.69 Å². The highest BCUT2D eigenvalue weighted by molar-refractivity contribution is 7.89. The number of hydrogen-bond donors (Lipinski definition) is 2. The third kappa shape index (κ3) is 7.77. The fourth-order valence-electron chi connectivity index (χ4n) is 4.94. The molecule has 1 unspecified atom stereocenters. The van der Waals surface area contributed by atoms with Gasteiger partial charge in [0.2, 0.25) is 27.7 Å². The predicted molar refractivity (Wildman–Crippen MR) is 143 cm³/mol. The summed E-state index contributed by atoms with van der Waals surface area (Å²) >= 11 is 0. The van der Waals surface area contributed by atoms with Crippen LogP contribution in [0.1, 0.15) is 72.6 Å². The van der Waals surface area contributed by atoms with E-state index in [1.54, 1.807) is 21.9 Å². The monoisotopic (exact) mass is 534 g/mol. The van der Waals surface area contributed by atoms with Gasteiger partial charge < -0.3 is 15.1 Å². The lowest BCUT2D eigenvalue weighted by atomic mass is 9.94. The molecule has 2 heterocycles. The second kappa shape index (κ2) is 12.4. The second-order valence-electron chi connectivity index (χ2n) is 11.1. The van der Waals surface area contributed by atoms with Gasteiger partial charge in [-0.25, -0.2) is 13.1 Å². The van der Waals surface area contributed by atoms with Crippen LogP contribution >= 0.6 is 0 Å². The van der Waals surface area contributed by atoms with Crippen molar-refractivity contribution in [2.45, 2.75) is 83.1 Å². The number of carbonyl (C=O) groups excluding carboxylic acids is 3. The third-order valence-electron chi connectivity index (χ3n) is 7.22. The van der Waals surface area contributed by atoms with Crippen LogP contribution in [-0.2, 0) is 24.4 Å². The van der Waals surface area contributed by atoms with Crippen LogP contribution in [0.3, 0.4) is 0 Å². The molecule has 3 amide bonds. The standard InChI is InChI=1S/C27H42N4O5S/c1-5-6-7-8-15-28-37(35,36)23-11-9-22(10-12-23)29-25(33)20-13-16-30(17-14-20)26(34)21-18-24(32)31(19-21)27(2,3)4/h9-12,20-21,28H,5-8,13-19H2,1-4H3,(H,29,33). The smallest absolute Gasteiger partial charge is 0.240 e. The molecule has 10 heteroatoms. The Balaban J connectivity index is 1.46. The lowest BCUT2D eigenvalue weighted by Gasteiger charge is -2.34. The van der Waals surface area contributed by atoms with Gasteiger partial charge in [-0.1, -0.05) is 26.2 Å². The van der Waals surface area contributed by atoms with E-state index in [1.807, 2.05) is 20.8 Å². The minimum absolute atomic E-state index is 0.00488. The van der Waals surface area contributed by atoms with Gasteiger partial charge in [0.1, 0.15) is 0 Å². The van der Waals surface area contributed by atoms with Crippen LogP contribution in [0.15, 0.2) is 29.2 Å². The molecule has 0 bridgehead atoms. The van der Waals surface area contributed by atoms with E-state index in [2.05, 4.69) is 17.0 Å². The first kappa shape index (κ1) is 29.1. The highest BCUT2D eigenvalue weighted by atomic mass is 32.2. The molecule has 37 heavy (non-hydrogen) atoms. The molecular formula is C27H42N4O5S. The fraction of sp³-hybridized carbons (Fsp3) is 0.667.